The lowest BCUT2D eigenvalue weighted by Gasteiger charge is -2.30. The van der Waals surface area contributed by atoms with Crippen LogP contribution in [-0.2, 0) is 18.4 Å². The molecule has 9 heteroatoms. The first-order valence-electron chi connectivity index (χ1n) is 19.2. The summed E-state index contributed by atoms with van der Waals surface area (Å²) in [4.78, 5) is 22.7. The molecule has 2 unspecified atom stereocenters. The van der Waals surface area contributed by atoms with E-state index >= 15 is 0 Å². The predicted molar refractivity (Wildman–Crippen MR) is 189 cm³/mol. The predicted octanol–water partition coefficient (Wildman–Crippen LogP) is 10.6. The Hall–Kier alpha value is -0.500. The quantitative estimate of drug-likeness (QED) is 0.0298. The first-order valence-corrected chi connectivity index (χ1v) is 20.7. The maximum Gasteiger partial charge on any atom is 0.476 e. The minimum absolute atomic E-state index is 0.0200. The molecule has 270 valence electrons. The summed E-state index contributed by atoms with van der Waals surface area (Å²) in [6.45, 7) is 4.36. The number of carbonyl (C=O) groups is 1. The van der Waals surface area contributed by atoms with Crippen molar-refractivity contribution in [1.82, 2.24) is 5.32 Å². The molecule has 0 heterocycles. The van der Waals surface area contributed by atoms with Crippen LogP contribution in [-0.4, -0.2) is 35.0 Å². The van der Waals surface area contributed by atoms with Crippen LogP contribution in [0.2, 0.25) is 0 Å². The van der Waals surface area contributed by atoms with Gasteiger partial charge in [-0.2, -0.15) is 0 Å². The Morgan fingerprint density at radius 1 is 0.622 bits per heavy atom. The fourth-order valence-electron chi connectivity index (χ4n) is 5.84. The van der Waals surface area contributed by atoms with Gasteiger partial charge in [-0.1, -0.05) is 181 Å². The minimum Gasteiger partial charge on any atom is -0.348 e. The van der Waals surface area contributed by atoms with Crippen molar-refractivity contribution in [2.45, 2.75) is 212 Å². The van der Waals surface area contributed by atoms with Crippen LogP contribution in [0.4, 0.5) is 0 Å². The number of unbranched alkanes of at least 4 members (excludes halogenated alkanes) is 26. The summed E-state index contributed by atoms with van der Waals surface area (Å²) in [5.74, 6) is -2.64. The minimum atomic E-state index is -4.58. The molecule has 1 amide bonds. The summed E-state index contributed by atoms with van der Waals surface area (Å²) >= 11 is 0. The lowest BCUT2D eigenvalue weighted by Crippen LogP contribution is -2.50. The lowest BCUT2D eigenvalue weighted by molar-refractivity contribution is -0.186. The summed E-state index contributed by atoms with van der Waals surface area (Å²) in [6.07, 6.45) is 34.2. The number of aliphatic hydroxyl groups is 1. The summed E-state index contributed by atoms with van der Waals surface area (Å²) in [5, 5.41) is 13.5. The molecule has 0 rings (SSSR count). The molecule has 0 aliphatic rings. The zero-order valence-corrected chi connectivity index (χ0v) is 30.6. The van der Waals surface area contributed by atoms with Gasteiger partial charge in [0, 0.05) is 19.4 Å². The second-order valence-electron chi connectivity index (χ2n) is 13.2. The average Bonchev–Trinajstić information content (AvgIpc) is 3.00. The second kappa shape index (κ2) is 32.1. The van der Waals surface area contributed by atoms with Crippen molar-refractivity contribution in [2.24, 2.45) is 5.73 Å². The van der Waals surface area contributed by atoms with Gasteiger partial charge in [0.05, 0.1) is 6.61 Å². The standard InChI is InChI=1S/C36H75N2O6P/c1-3-5-7-9-11-13-15-17-18-20-22-24-26-28-30-32-36(40,44-45(41,42)43-34-33-37)38-35(39)31-29-27-25-23-21-19-16-14-12-10-8-6-4-2/h40H,3-34,37H2,1-2H3,(H,38,39)(H,41,42). The SMILES string of the molecule is CCCCCCCCCCCCCCCCCC(O)(NC(=O)CCCCCCCCCCCCCCC)OP(=O)(O)OCCN. The van der Waals surface area contributed by atoms with E-state index in [-0.39, 0.29) is 31.9 Å². The topological polar surface area (TPSA) is 131 Å². The Bertz CT molecular complexity index is 698. The van der Waals surface area contributed by atoms with Crippen LogP contribution in [0.5, 0.6) is 0 Å². The van der Waals surface area contributed by atoms with Gasteiger partial charge in [0.25, 0.3) is 5.91 Å². The summed E-state index contributed by atoms with van der Waals surface area (Å²) in [5.41, 5.74) is 5.37. The third kappa shape index (κ3) is 31.8. The molecule has 0 fully saturated rings. The van der Waals surface area contributed by atoms with E-state index in [4.69, 9.17) is 14.8 Å². The van der Waals surface area contributed by atoms with E-state index in [2.05, 4.69) is 19.2 Å². The summed E-state index contributed by atoms with van der Waals surface area (Å²) in [6, 6.07) is 0. The maximum atomic E-state index is 12.6. The molecule has 0 radical (unpaired) electrons. The largest absolute Gasteiger partial charge is 0.476 e. The molecule has 45 heavy (non-hydrogen) atoms. The molecule has 0 bridgehead atoms. The van der Waals surface area contributed by atoms with Gasteiger partial charge in [0.15, 0.2) is 0 Å². The molecule has 0 aromatic carbocycles. The van der Waals surface area contributed by atoms with Crippen molar-refractivity contribution in [2.75, 3.05) is 13.2 Å². The zero-order valence-electron chi connectivity index (χ0n) is 29.7. The Labute approximate surface area is 278 Å². The molecule has 8 nitrogen and oxygen atoms in total. The molecule has 2 atom stereocenters. The normalized spacial score (nSPS) is 14.3. The van der Waals surface area contributed by atoms with Crippen LogP contribution in [0.25, 0.3) is 0 Å². The lowest BCUT2D eigenvalue weighted by atomic mass is 10.0. The molecule has 0 aliphatic carbocycles. The van der Waals surface area contributed by atoms with Crippen LogP contribution in [0, 0.1) is 0 Å². The highest BCUT2D eigenvalue weighted by atomic mass is 31.2. The van der Waals surface area contributed by atoms with Crippen LogP contribution in [0.3, 0.4) is 0 Å². The molecular weight excluding hydrogens is 587 g/mol. The first-order chi connectivity index (χ1) is 21.8. The van der Waals surface area contributed by atoms with Gasteiger partial charge in [0.2, 0.25) is 5.91 Å². The second-order valence-corrected chi connectivity index (χ2v) is 14.6. The van der Waals surface area contributed by atoms with E-state index in [0.29, 0.717) is 12.8 Å². The number of phosphoric ester groups is 1. The number of rotatable bonds is 36. The third-order valence-corrected chi connectivity index (χ3v) is 9.64. The van der Waals surface area contributed by atoms with Crippen LogP contribution in [0.15, 0.2) is 0 Å². The third-order valence-electron chi connectivity index (χ3n) is 8.60. The Kier molecular flexibility index (Phi) is 31.7. The van der Waals surface area contributed by atoms with Crippen molar-refractivity contribution in [3.8, 4) is 0 Å². The van der Waals surface area contributed by atoms with E-state index in [1.165, 1.54) is 135 Å². The van der Waals surface area contributed by atoms with E-state index in [0.717, 1.165) is 32.1 Å². The van der Waals surface area contributed by atoms with Gasteiger partial charge in [-0.15, -0.1) is 0 Å². The van der Waals surface area contributed by atoms with Gasteiger partial charge >= 0.3 is 7.82 Å². The van der Waals surface area contributed by atoms with Gasteiger partial charge in [0.1, 0.15) is 0 Å². The number of hydrogen-bond donors (Lipinski definition) is 4. The Balaban J connectivity index is 4.17. The average molecular weight is 663 g/mol. The van der Waals surface area contributed by atoms with E-state index in [1.807, 2.05) is 0 Å². The molecular formula is C36H75N2O6P. The molecule has 0 saturated heterocycles. The highest BCUT2D eigenvalue weighted by Gasteiger charge is 2.38. The van der Waals surface area contributed by atoms with Gasteiger partial charge in [-0.25, -0.2) is 9.09 Å². The van der Waals surface area contributed by atoms with Crippen LogP contribution in [0.1, 0.15) is 206 Å². The Morgan fingerprint density at radius 3 is 1.31 bits per heavy atom. The highest BCUT2D eigenvalue weighted by molar-refractivity contribution is 7.47. The fraction of sp³-hybridized carbons (Fsp3) is 0.972. The maximum absolute atomic E-state index is 12.6. The molecule has 0 aromatic heterocycles. The van der Waals surface area contributed by atoms with Crippen LogP contribution < -0.4 is 11.1 Å². The monoisotopic (exact) mass is 663 g/mol. The van der Waals surface area contributed by atoms with Gasteiger partial charge < -0.3 is 21.1 Å². The Morgan fingerprint density at radius 2 is 0.956 bits per heavy atom. The van der Waals surface area contributed by atoms with Crippen molar-refractivity contribution in [3.05, 3.63) is 0 Å². The molecule has 0 aromatic rings. The van der Waals surface area contributed by atoms with Crippen LogP contribution >= 0.6 is 7.82 Å². The van der Waals surface area contributed by atoms with E-state index in [1.54, 1.807) is 0 Å². The zero-order chi connectivity index (χ0) is 33.3. The van der Waals surface area contributed by atoms with Crippen molar-refractivity contribution in [3.63, 3.8) is 0 Å². The van der Waals surface area contributed by atoms with Crippen molar-refractivity contribution < 1.29 is 28.4 Å². The summed E-state index contributed by atoms with van der Waals surface area (Å²) in [7, 11) is -4.58. The molecule has 0 spiro atoms. The van der Waals surface area contributed by atoms with E-state index < -0.39 is 13.7 Å². The van der Waals surface area contributed by atoms with Crippen molar-refractivity contribution in [1.29, 1.82) is 0 Å². The fourth-order valence-corrected chi connectivity index (χ4v) is 6.74. The highest BCUT2D eigenvalue weighted by Crippen LogP contribution is 2.47. The molecule has 0 aliphatic heterocycles. The molecule has 5 N–H and O–H groups in total. The number of carbonyl (C=O) groups excluding carboxylic acids is 1. The smallest absolute Gasteiger partial charge is 0.348 e. The number of phosphoric acid groups is 1. The van der Waals surface area contributed by atoms with Gasteiger partial charge in [-0.3, -0.25) is 9.32 Å². The number of amides is 1. The summed E-state index contributed by atoms with van der Waals surface area (Å²) < 4.78 is 22.3. The van der Waals surface area contributed by atoms with Gasteiger partial charge in [-0.05, 0) is 12.8 Å². The molecule has 0 saturated carbocycles. The number of nitrogens with two attached hydrogens (primary N) is 1. The van der Waals surface area contributed by atoms with Crippen molar-refractivity contribution >= 4 is 13.7 Å². The number of hydrogen-bond acceptors (Lipinski definition) is 6. The first kappa shape index (κ1) is 44.5. The number of nitrogens with one attached hydrogen (secondary N) is 1. The van der Waals surface area contributed by atoms with E-state index in [9.17, 15) is 19.4 Å².